The highest BCUT2D eigenvalue weighted by Crippen LogP contribution is 2.30. The largest absolute Gasteiger partial charge is 1.00 e. The number of aromatic nitrogens is 1. The number of aryl methyl sites for hydroxylation is 1. The van der Waals surface area contributed by atoms with Crippen molar-refractivity contribution >= 4 is 11.8 Å². The Hall–Kier alpha value is -1.23. The van der Waals surface area contributed by atoms with E-state index in [1.54, 1.807) is 0 Å². The monoisotopic (exact) mass is 355 g/mol. The lowest BCUT2D eigenvalue weighted by Gasteiger charge is -2.25. The van der Waals surface area contributed by atoms with Gasteiger partial charge < -0.3 is 21.7 Å². The molecule has 0 aliphatic heterocycles. The SMILES string of the molecule is COC(=O)C1CCC(C(=O)C[n+]2ccccc2C)CC1.[Br-]. The summed E-state index contributed by atoms with van der Waals surface area (Å²) in [6.07, 6.45) is 5.06. The van der Waals surface area contributed by atoms with Gasteiger partial charge in [-0.1, -0.05) is 6.07 Å². The van der Waals surface area contributed by atoms with Gasteiger partial charge in [-0.15, -0.1) is 0 Å². The van der Waals surface area contributed by atoms with Gasteiger partial charge in [-0.05, 0) is 25.7 Å². The van der Waals surface area contributed by atoms with Gasteiger partial charge in [-0.3, -0.25) is 9.59 Å². The van der Waals surface area contributed by atoms with Gasteiger partial charge in [0.25, 0.3) is 0 Å². The Labute approximate surface area is 136 Å². The summed E-state index contributed by atoms with van der Waals surface area (Å²) in [5.74, 6) is 0.204. The van der Waals surface area contributed by atoms with Crippen molar-refractivity contribution in [3.63, 3.8) is 0 Å². The molecular formula is C16H22BrNO3. The van der Waals surface area contributed by atoms with Crippen LogP contribution in [-0.2, 0) is 20.9 Å². The molecule has 0 amide bonds. The van der Waals surface area contributed by atoms with Crippen LogP contribution in [0.2, 0.25) is 0 Å². The Morgan fingerprint density at radius 1 is 1.19 bits per heavy atom. The number of hydrogen-bond donors (Lipinski definition) is 0. The van der Waals surface area contributed by atoms with E-state index in [4.69, 9.17) is 4.74 Å². The van der Waals surface area contributed by atoms with Crippen molar-refractivity contribution < 1.29 is 35.9 Å². The Kier molecular flexibility index (Phi) is 7.02. The summed E-state index contributed by atoms with van der Waals surface area (Å²) >= 11 is 0. The maximum atomic E-state index is 12.3. The van der Waals surface area contributed by atoms with Crippen LogP contribution in [0, 0.1) is 18.8 Å². The van der Waals surface area contributed by atoms with Crippen LogP contribution in [0.1, 0.15) is 31.4 Å². The van der Waals surface area contributed by atoms with Crippen molar-refractivity contribution in [1.29, 1.82) is 0 Å². The molecule has 116 valence electrons. The maximum Gasteiger partial charge on any atom is 0.308 e. The minimum Gasteiger partial charge on any atom is -1.00 e. The molecule has 1 heterocycles. The zero-order valence-electron chi connectivity index (χ0n) is 12.5. The van der Waals surface area contributed by atoms with Gasteiger partial charge in [-0.2, -0.15) is 4.57 Å². The molecule has 0 spiro atoms. The zero-order valence-corrected chi connectivity index (χ0v) is 14.1. The molecule has 1 aromatic heterocycles. The summed E-state index contributed by atoms with van der Waals surface area (Å²) in [5, 5.41) is 0. The molecule has 21 heavy (non-hydrogen) atoms. The van der Waals surface area contributed by atoms with E-state index in [0.29, 0.717) is 6.54 Å². The van der Waals surface area contributed by atoms with Crippen molar-refractivity contribution in [3.8, 4) is 0 Å². The smallest absolute Gasteiger partial charge is 0.308 e. The summed E-state index contributed by atoms with van der Waals surface area (Å²) in [7, 11) is 1.42. The molecule has 0 N–H and O–H groups in total. The second kappa shape index (κ2) is 8.27. The minimum absolute atomic E-state index is 0. The summed E-state index contributed by atoms with van der Waals surface area (Å²) in [4.78, 5) is 23.8. The number of Topliss-reactive ketones (excluding diaryl/α,β-unsaturated/α-hetero) is 1. The molecule has 0 unspecified atom stereocenters. The Balaban J connectivity index is 0.00000220. The van der Waals surface area contributed by atoms with E-state index in [1.807, 2.05) is 35.9 Å². The first kappa shape index (κ1) is 17.8. The lowest BCUT2D eigenvalue weighted by Crippen LogP contribution is -3.00. The topological polar surface area (TPSA) is 47.3 Å². The van der Waals surface area contributed by atoms with Crippen molar-refractivity contribution in [2.24, 2.45) is 11.8 Å². The quantitative estimate of drug-likeness (QED) is 0.505. The van der Waals surface area contributed by atoms with Gasteiger partial charge in [0.1, 0.15) is 0 Å². The molecule has 0 bridgehead atoms. The van der Waals surface area contributed by atoms with Crippen LogP contribution in [-0.4, -0.2) is 18.9 Å². The first-order valence-corrected chi connectivity index (χ1v) is 7.17. The first-order valence-electron chi connectivity index (χ1n) is 7.17. The fraction of sp³-hybridized carbons (Fsp3) is 0.562. The van der Waals surface area contributed by atoms with Crippen LogP contribution < -0.4 is 21.5 Å². The van der Waals surface area contributed by atoms with Crippen molar-refractivity contribution in [1.82, 2.24) is 0 Å². The van der Waals surface area contributed by atoms with Crippen LogP contribution in [0.15, 0.2) is 24.4 Å². The van der Waals surface area contributed by atoms with E-state index in [9.17, 15) is 9.59 Å². The normalized spacial score (nSPS) is 21.2. The summed E-state index contributed by atoms with van der Waals surface area (Å²) in [6, 6.07) is 5.91. The van der Waals surface area contributed by atoms with E-state index >= 15 is 0 Å². The molecule has 1 saturated carbocycles. The van der Waals surface area contributed by atoms with E-state index in [2.05, 4.69) is 0 Å². The van der Waals surface area contributed by atoms with Crippen molar-refractivity contribution in [2.75, 3.05) is 7.11 Å². The van der Waals surface area contributed by atoms with E-state index in [1.165, 1.54) is 7.11 Å². The number of ether oxygens (including phenoxy) is 1. The van der Waals surface area contributed by atoms with Gasteiger partial charge in [-0.25, -0.2) is 0 Å². The average molecular weight is 356 g/mol. The Bertz CT molecular complexity index is 496. The first-order chi connectivity index (χ1) is 9.61. The number of pyridine rings is 1. The van der Waals surface area contributed by atoms with E-state index < -0.39 is 0 Å². The zero-order chi connectivity index (χ0) is 14.5. The second-order valence-corrected chi connectivity index (χ2v) is 5.51. The third kappa shape index (κ3) is 4.63. The average Bonchev–Trinajstić information content (AvgIpc) is 2.49. The highest BCUT2D eigenvalue weighted by Gasteiger charge is 2.31. The molecule has 5 heteroatoms. The predicted octanol–water partition coefficient (Wildman–Crippen LogP) is -1.16. The van der Waals surface area contributed by atoms with E-state index in [0.717, 1.165) is 31.4 Å². The highest BCUT2D eigenvalue weighted by atomic mass is 79.9. The molecule has 1 aliphatic rings. The minimum atomic E-state index is -0.135. The number of rotatable bonds is 4. The number of hydrogen-bond acceptors (Lipinski definition) is 3. The molecule has 1 aromatic rings. The van der Waals surface area contributed by atoms with Crippen LogP contribution >= 0.6 is 0 Å². The third-order valence-corrected chi connectivity index (χ3v) is 4.21. The maximum absolute atomic E-state index is 12.3. The number of ketones is 1. The van der Waals surface area contributed by atoms with Crippen molar-refractivity contribution in [3.05, 3.63) is 30.1 Å². The van der Waals surface area contributed by atoms with Gasteiger partial charge in [0.2, 0.25) is 12.3 Å². The van der Waals surface area contributed by atoms with Crippen LogP contribution in [0.4, 0.5) is 0 Å². The molecule has 1 fully saturated rings. The van der Waals surface area contributed by atoms with Crippen LogP contribution in [0.25, 0.3) is 0 Å². The third-order valence-electron chi connectivity index (χ3n) is 4.21. The molecule has 0 saturated heterocycles. The molecule has 1 aliphatic carbocycles. The number of carbonyl (C=O) groups excluding carboxylic acids is 2. The predicted molar refractivity (Wildman–Crippen MR) is 73.8 cm³/mol. The molecule has 0 atom stereocenters. The fourth-order valence-electron chi connectivity index (χ4n) is 2.85. The standard InChI is InChI=1S/C16H22NO3.BrH/c1-12-5-3-4-10-17(12)11-15(18)13-6-8-14(9-7-13)16(19)20-2;/h3-5,10,13-14H,6-9,11H2,1-2H3;1H/q+1;/p-1. The molecule has 0 radical (unpaired) electrons. The number of nitrogens with zero attached hydrogens (tertiary/aromatic N) is 1. The Morgan fingerprint density at radius 2 is 1.81 bits per heavy atom. The van der Waals surface area contributed by atoms with Gasteiger partial charge in [0, 0.05) is 25.0 Å². The lowest BCUT2D eigenvalue weighted by molar-refractivity contribution is -0.690. The van der Waals surface area contributed by atoms with Gasteiger partial charge >= 0.3 is 5.97 Å². The highest BCUT2D eigenvalue weighted by molar-refractivity contribution is 5.80. The molecule has 0 aromatic carbocycles. The number of esters is 1. The Morgan fingerprint density at radius 3 is 2.38 bits per heavy atom. The number of methoxy groups -OCH3 is 1. The summed E-state index contributed by atoms with van der Waals surface area (Å²) in [5.41, 5.74) is 1.09. The molecule has 4 nitrogen and oxygen atoms in total. The summed E-state index contributed by atoms with van der Waals surface area (Å²) in [6.45, 7) is 2.43. The second-order valence-electron chi connectivity index (χ2n) is 5.51. The van der Waals surface area contributed by atoms with Crippen LogP contribution in [0.5, 0.6) is 0 Å². The molecular weight excluding hydrogens is 334 g/mol. The van der Waals surface area contributed by atoms with Gasteiger partial charge in [0.05, 0.1) is 13.0 Å². The van der Waals surface area contributed by atoms with Gasteiger partial charge in [0.15, 0.2) is 11.9 Å². The number of carbonyl (C=O) groups is 2. The molecule has 2 rings (SSSR count). The van der Waals surface area contributed by atoms with Crippen LogP contribution in [0.3, 0.4) is 0 Å². The van der Waals surface area contributed by atoms with Crippen molar-refractivity contribution in [2.45, 2.75) is 39.2 Å². The van der Waals surface area contributed by atoms with E-state index in [-0.39, 0.29) is 40.6 Å². The number of halogens is 1. The summed E-state index contributed by atoms with van der Waals surface area (Å²) < 4.78 is 6.75. The lowest BCUT2D eigenvalue weighted by atomic mass is 9.80. The fourth-order valence-corrected chi connectivity index (χ4v) is 2.85.